The molecule has 0 atom stereocenters. The lowest BCUT2D eigenvalue weighted by atomic mass is 9.75. The molecule has 0 radical (unpaired) electrons. The molecule has 1 aliphatic carbocycles. The molecule has 2 N–H and O–H groups in total. The average Bonchev–Trinajstić information content (AvgIpc) is 3.05. The molecular weight excluding hydrogens is 388 g/mol. The number of nitrogen functional groups attached to an aromatic ring is 1. The van der Waals surface area contributed by atoms with E-state index >= 15 is 0 Å². The van der Waals surface area contributed by atoms with Crippen molar-refractivity contribution in [3.8, 4) is 11.4 Å². The maximum Gasteiger partial charge on any atom is 0.169 e. The molecule has 2 heterocycles. The number of fused-ring (bicyclic) bond motifs is 2. The molecule has 0 fully saturated rings. The lowest BCUT2D eigenvalue weighted by molar-refractivity contribution is 0.0910. The third kappa shape index (κ3) is 4.29. The van der Waals surface area contributed by atoms with Gasteiger partial charge in [0.1, 0.15) is 17.7 Å². The number of anilines is 1. The molecule has 2 aromatic heterocycles. The van der Waals surface area contributed by atoms with Crippen molar-refractivity contribution in [3.63, 3.8) is 0 Å². The van der Waals surface area contributed by atoms with Crippen LogP contribution in [-0.4, -0.2) is 26.9 Å². The zero-order valence-electron chi connectivity index (χ0n) is 19.6. The number of hydrogen-bond acceptors (Lipinski definition) is 5. The van der Waals surface area contributed by atoms with Gasteiger partial charge in [0.15, 0.2) is 11.5 Å². The maximum atomic E-state index is 12.8. The summed E-state index contributed by atoms with van der Waals surface area (Å²) in [5, 5.41) is 0.775. The van der Waals surface area contributed by atoms with E-state index < -0.39 is 0 Å². The SMILES string of the molecule is CC.CCCCOc1c(-n2cc(C)c3c2CC(C)(C)CC3=O)ccc2c(N)ncnc12. The first-order valence-electron chi connectivity index (χ1n) is 11.2. The van der Waals surface area contributed by atoms with Gasteiger partial charge in [-0.3, -0.25) is 4.79 Å². The van der Waals surface area contributed by atoms with Crippen LogP contribution in [0.1, 0.15) is 75.5 Å². The van der Waals surface area contributed by atoms with E-state index in [0.717, 1.165) is 47.2 Å². The summed E-state index contributed by atoms with van der Waals surface area (Å²) in [4.78, 5) is 21.4. The number of ether oxygens (including phenoxy) is 1. The minimum Gasteiger partial charge on any atom is -0.489 e. The van der Waals surface area contributed by atoms with Crippen molar-refractivity contribution in [3.05, 3.63) is 41.5 Å². The molecular formula is C25H34N4O2. The fourth-order valence-corrected chi connectivity index (χ4v) is 4.26. The predicted octanol–water partition coefficient (Wildman–Crippen LogP) is 5.67. The molecule has 1 aliphatic rings. The van der Waals surface area contributed by atoms with Crippen LogP contribution in [0.25, 0.3) is 16.6 Å². The largest absolute Gasteiger partial charge is 0.489 e. The van der Waals surface area contributed by atoms with Crippen LogP contribution in [-0.2, 0) is 6.42 Å². The van der Waals surface area contributed by atoms with E-state index in [1.54, 1.807) is 0 Å². The van der Waals surface area contributed by atoms with Crippen molar-refractivity contribution in [1.29, 1.82) is 0 Å². The van der Waals surface area contributed by atoms with Crippen LogP contribution >= 0.6 is 0 Å². The van der Waals surface area contributed by atoms with Crippen LogP contribution in [0.2, 0.25) is 0 Å². The number of aryl methyl sites for hydroxylation is 1. The molecule has 0 amide bonds. The number of carbonyl (C=O) groups excluding carboxylic acids is 1. The highest BCUT2D eigenvalue weighted by molar-refractivity contribution is 6.01. The summed E-state index contributed by atoms with van der Waals surface area (Å²) < 4.78 is 8.34. The van der Waals surface area contributed by atoms with Crippen LogP contribution in [0.15, 0.2) is 24.7 Å². The highest BCUT2D eigenvalue weighted by Gasteiger charge is 2.35. The smallest absolute Gasteiger partial charge is 0.169 e. The Morgan fingerprint density at radius 3 is 2.65 bits per heavy atom. The standard InChI is InChI=1S/C23H28N4O2.C2H6/c1-5-6-9-29-21-16(8-7-15-20(21)25-13-26-22(15)24)27-12-14(2)19-17(27)10-23(3,4)11-18(19)28;1-2/h7-8,12-13H,5-6,9-11H2,1-4H3,(H2,24,25,26);1-2H3. The molecule has 0 saturated heterocycles. The molecule has 31 heavy (non-hydrogen) atoms. The molecule has 6 nitrogen and oxygen atoms in total. The van der Waals surface area contributed by atoms with Gasteiger partial charge >= 0.3 is 0 Å². The number of unbranched alkanes of at least 4 members (excludes halogenated alkanes) is 1. The second-order valence-corrected chi connectivity index (χ2v) is 8.72. The number of nitrogens with zero attached hydrogens (tertiary/aromatic N) is 3. The summed E-state index contributed by atoms with van der Waals surface area (Å²) in [6.45, 7) is 13.0. The topological polar surface area (TPSA) is 83.0 Å². The number of Topliss-reactive ketones (excluding diaryl/α,β-unsaturated/α-hetero) is 1. The highest BCUT2D eigenvalue weighted by Crippen LogP contribution is 2.41. The number of carbonyl (C=O) groups is 1. The van der Waals surface area contributed by atoms with E-state index in [9.17, 15) is 4.79 Å². The number of ketones is 1. The van der Waals surface area contributed by atoms with Crippen LogP contribution in [0.4, 0.5) is 5.82 Å². The van der Waals surface area contributed by atoms with E-state index in [1.807, 2.05) is 39.1 Å². The Balaban J connectivity index is 0.00000132. The number of hydrogen-bond donors (Lipinski definition) is 1. The predicted molar refractivity (Wildman–Crippen MR) is 126 cm³/mol. The number of rotatable bonds is 5. The van der Waals surface area contributed by atoms with Crippen molar-refractivity contribution in [2.75, 3.05) is 12.3 Å². The van der Waals surface area contributed by atoms with Crippen LogP contribution < -0.4 is 10.5 Å². The second kappa shape index (κ2) is 9.08. The fraction of sp³-hybridized carbons (Fsp3) is 0.480. The van der Waals surface area contributed by atoms with E-state index in [1.165, 1.54) is 6.33 Å². The Morgan fingerprint density at radius 2 is 1.94 bits per heavy atom. The zero-order chi connectivity index (χ0) is 22.8. The molecule has 6 heteroatoms. The van der Waals surface area contributed by atoms with Crippen molar-refractivity contribution in [1.82, 2.24) is 14.5 Å². The summed E-state index contributed by atoms with van der Waals surface area (Å²) in [6.07, 6.45) is 6.91. The third-order valence-electron chi connectivity index (χ3n) is 5.63. The summed E-state index contributed by atoms with van der Waals surface area (Å²) in [5.74, 6) is 1.34. The quantitative estimate of drug-likeness (QED) is 0.536. The minimum atomic E-state index is -0.0701. The lowest BCUT2D eigenvalue weighted by Crippen LogP contribution is -2.28. The maximum absolute atomic E-state index is 12.8. The normalized spacial score (nSPS) is 14.7. The lowest BCUT2D eigenvalue weighted by Gasteiger charge is -2.30. The number of aromatic nitrogens is 3. The highest BCUT2D eigenvalue weighted by atomic mass is 16.5. The van der Waals surface area contributed by atoms with Gasteiger partial charge in [0, 0.05) is 29.3 Å². The van der Waals surface area contributed by atoms with Crippen LogP contribution in [0.3, 0.4) is 0 Å². The summed E-state index contributed by atoms with van der Waals surface area (Å²) in [7, 11) is 0. The Labute approximate surface area is 184 Å². The molecule has 1 aromatic carbocycles. The summed E-state index contributed by atoms with van der Waals surface area (Å²) >= 11 is 0. The van der Waals surface area contributed by atoms with Gasteiger partial charge in [0.05, 0.1) is 12.3 Å². The fourth-order valence-electron chi connectivity index (χ4n) is 4.26. The van der Waals surface area contributed by atoms with E-state index in [-0.39, 0.29) is 11.2 Å². The molecule has 0 spiro atoms. The van der Waals surface area contributed by atoms with Gasteiger partial charge in [0.2, 0.25) is 0 Å². The van der Waals surface area contributed by atoms with Gasteiger partial charge in [0.25, 0.3) is 0 Å². The summed E-state index contributed by atoms with van der Waals surface area (Å²) in [5.41, 5.74) is 10.5. The Morgan fingerprint density at radius 1 is 1.19 bits per heavy atom. The molecule has 0 bridgehead atoms. The molecule has 0 saturated carbocycles. The van der Waals surface area contributed by atoms with Gasteiger partial charge in [-0.15, -0.1) is 0 Å². The average molecular weight is 423 g/mol. The Bertz CT molecular complexity index is 1100. The first-order chi connectivity index (χ1) is 14.8. The molecule has 4 rings (SSSR count). The van der Waals surface area contributed by atoms with Crippen LogP contribution in [0, 0.1) is 12.3 Å². The van der Waals surface area contributed by atoms with Gasteiger partial charge in [-0.25, -0.2) is 9.97 Å². The van der Waals surface area contributed by atoms with E-state index in [0.29, 0.717) is 30.1 Å². The molecule has 0 aliphatic heterocycles. The summed E-state index contributed by atoms with van der Waals surface area (Å²) in [6, 6.07) is 3.93. The minimum absolute atomic E-state index is 0.0701. The van der Waals surface area contributed by atoms with Crippen LogP contribution in [0.5, 0.6) is 5.75 Å². The number of benzene rings is 1. The Hall–Kier alpha value is -2.89. The second-order valence-electron chi connectivity index (χ2n) is 8.72. The van der Waals surface area contributed by atoms with Crippen molar-refractivity contribution in [2.24, 2.45) is 5.41 Å². The zero-order valence-corrected chi connectivity index (χ0v) is 19.6. The van der Waals surface area contributed by atoms with Crippen molar-refractivity contribution >= 4 is 22.5 Å². The van der Waals surface area contributed by atoms with E-state index in [4.69, 9.17) is 10.5 Å². The first kappa shape index (κ1) is 22.8. The van der Waals surface area contributed by atoms with Gasteiger partial charge in [-0.1, -0.05) is 41.0 Å². The van der Waals surface area contributed by atoms with Gasteiger partial charge in [-0.05, 0) is 42.9 Å². The van der Waals surface area contributed by atoms with Crippen molar-refractivity contribution < 1.29 is 9.53 Å². The third-order valence-corrected chi connectivity index (χ3v) is 5.63. The monoisotopic (exact) mass is 422 g/mol. The molecule has 3 aromatic rings. The first-order valence-corrected chi connectivity index (χ1v) is 11.2. The van der Waals surface area contributed by atoms with Crippen molar-refractivity contribution in [2.45, 2.75) is 67.2 Å². The molecule has 0 unspecified atom stereocenters. The molecule has 166 valence electrons. The number of nitrogens with two attached hydrogens (primary N) is 1. The van der Waals surface area contributed by atoms with E-state index in [2.05, 4.69) is 35.3 Å². The Kier molecular flexibility index (Phi) is 6.68. The van der Waals surface area contributed by atoms with Gasteiger partial charge in [-0.2, -0.15) is 0 Å². The van der Waals surface area contributed by atoms with Gasteiger partial charge < -0.3 is 15.0 Å².